The van der Waals surface area contributed by atoms with Gasteiger partial charge in [0.1, 0.15) is 0 Å². The van der Waals surface area contributed by atoms with Crippen LogP contribution in [0.2, 0.25) is 0 Å². The lowest BCUT2D eigenvalue weighted by molar-refractivity contribution is -0.150. The van der Waals surface area contributed by atoms with Gasteiger partial charge in [-0.15, -0.1) is 0 Å². The number of carbonyl (C=O) groups is 2. The fraction of sp³-hybridized carbons (Fsp3) is 0.900. The van der Waals surface area contributed by atoms with E-state index in [0.717, 1.165) is 51.4 Å². The number of epoxide rings is 2. The molecule has 6 atom stereocenters. The molecule has 146 valence electrons. The normalized spacial score (nSPS) is 37.2. The van der Waals surface area contributed by atoms with Crippen LogP contribution in [0.4, 0.5) is 0 Å². The van der Waals surface area contributed by atoms with Gasteiger partial charge in [-0.2, -0.15) is 0 Å². The SMILES string of the molecule is O=C(CCCCCOC(=O)C1CCCC2OC21)OCC1CCCC2OC12. The van der Waals surface area contributed by atoms with Crippen LogP contribution in [-0.2, 0) is 28.5 Å². The average molecular weight is 366 g/mol. The quantitative estimate of drug-likeness (QED) is 0.355. The zero-order chi connectivity index (χ0) is 17.9. The monoisotopic (exact) mass is 366 g/mol. The Bertz CT molecular complexity index is 520. The highest BCUT2D eigenvalue weighted by atomic mass is 16.6. The predicted octanol–water partition coefficient (Wildman–Crippen LogP) is 2.77. The fourth-order valence-electron chi connectivity index (χ4n) is 4.53. The summed E-state index contributed by atoms with van der Waals surface area (Å²) >= 11 is 0. The summed E-state index contributed by atoms with van der Waals surface area (Å²) in [6.45, 7) is 0.938. The summed E-state index contributed by atoms with van der Waals surface area (Å²) in [5.41, 5.74) is 0. The standard InChI is InChI=1S/C20H30O6/c21-17(24-12-13-6-4-8-15-18(13)25-15)10-2-1-3-11-23-20(22)14-7-5-9-16-19(14)26-16/h13-16,18-19H,1-12H2. The molecule has 2 aliphatic heterocycles. The van der Waals surface area contributed by atoms with Crippen LogP contribution in [-0.4, -0.2) is 49.6 Å². The highest BCUT2D eigenvalue weighted by molar-refractivity contribution is 5.74. The first-order chi connectivity index (χ1) is 12.7. The lowest BCUT2D eigenvalue weighted by Gasteiger charge is -2.18. The molecule has 0 aromatic heterocycles. The van der Waals surface area contributed by atoms with Gasteiger partial charge in [-0.25, -0.2) is 0 Å². The molecule has 0 spiro atoms. The molecule has 0 aromatic carbocycles. The van der Waals surface area contributed by atoms with Crippen molar-refractivity contribution in [2.24, 2.45) is 11.8 Å². The molecule has 2 aliphatic carbocycles. The summed E-state index contributed by atoms with van der Waals surface area (Å²) in [4.78, 5) is 23.9. The Hall–Kier alpha value is -1.14. The third-order valence-electron chi connectivity index (χ3n) is 6.20. The van der Waals surface area contributed by atoms with E-state index in [4.69, 9.17) is 18.9 Å². The van der Waals surface area contributed by atoms with Crippen molar-refractivity contribution >= 4 is 11.9 Å². The Morgan fingerprint density at radius 1 is 0.846 bits per heavy atom. The van der Waals surface area contributed by atoms with Crippen LogP contribution in [0.15, 0.2) is 0 Å². The fourth-order valence-corrected chi connectivity index (χ4v) is 4.53. The van der Waals surface area contributed by atoms with Crippen molar-refractivity contribution in [3.8, 4) is 0 Å². The van der Waals surface area contributed by atoms with Crippen LogP contribution in [0.3, 0.4) is 0 Å². The number of unbranched alkanes of at least 4 members (excludes halogenated alkanes) is 2. The molecule has 6 unspecified atom stereocenters. The molecule has 0 N–H and O–H groups in total. The molecule has 6 nitrogen and oxygen atoms in total. The van der Waals surface area contributed by atoms with Crippen LogP contribution in [0.1, 0.15) is 64.2 Å². The van der Waals surface area contributed by atoms with Crippen molar-refractivity contribution in [3.63, 3.8) is 0 Å². The van der Waals surface area contributed by atoms with Gasteiger partial charge in [0.05, 0.1) is 43.5 Å². The highest BCUT2D eigenvalue weighted by Gasteiger charge is 2.50. The molecule has 0 amide bonds. The number of carbonyl (C=O) groups excluding carboxylic acids is 2. The van der Waals surface area contributed by atoms with Crippen LogP contribution in [0, 0.1) is 11.8 Å². The first-order valence-electron chi connectivity index (χ1n) is 10.4. The van der Waals surface area contributed by atoms with Gasteiger partial charge in [0.15, 0.2) is 0 Å². The summed E-state index contributed by atoms with van der Waals surface area (Å²) in [5.74, 6) is 0.110. The first-order valence-corrected chi connectivity index (χ1v) is 10.4. The highest BCUT2D eigenvalue weighted by Crippen LogP contribution is 2.41. The Balaban J connectivity index is 1.00. The maximum absolute atomic E-state index is 12.1. The van der Waals surface area contributed by atoms with E-state index in [-0.39, 0.29) is 24.0 Å². The maximum atomic E-state index is 12.1. The van der Waals surface area contributed by atoms with E-state index in [1.807, 2.05) is 0 Å². The Kier molecular flexibility index (Phi) is 5.79. The molecule has 4 fully saturated rings. The summed E-state index contributed by atoms with van der Waals surface area (Å²) in [6.07, 6.45) is 10.5. The van der Waals surface area contributed by atoms with Gasteiger partial charge in [0.25, 0.3) is 0 Å². The van der Waals surface area contributed by atoms with E-state index >= 15 is 0 Å². The smallest absolute Gasteiger partial charge is 0.311 e. The molecule has 0 aromatic rings. The van der Waals surface area contributed by atoms with E-state index in [0.29, 0.717) is 43.9 Å². The lowest BCUT2D eigenvalue weighted by atomic mass is 9.89. The zero-order valence-corrected chi connectivity index (χ0v) is 15.4. The predicted molar refractivity (Wildman–Crippen MR) is 92.4 cm³/mol. The topological polar surface area (TPSA) is 77.7 Å². The van der Waals surface area contributed by atoms with E-state index in [1.54, 1.807) is 0 Å². The van der Waals surface area contributed by atoms with Gasteiger partial charge in [-0.1, -0.05) is 6.42 Å². The minimum atomic E-state index is -0.121. The molecular formula is C20H30O6. The second-order valence-electron chi connectivity index (χ2n) is 8.17. The van der Waals surface area contributed by atoms with Crippen molar-refractivity contribution in [2.45, 2.75) is 88.6 Å². The summed E-state index contributed by atoms with van der Waals surface area (Å²) in [5, 5.41) is 0. The molecule has 2 heterocycles. The number of rotatable bonds is 9. The number of esters is 2. The Labute approximate surface area is 154 Å². The summed E-state index contributed by atoms with van der Waals surface area (Å²) < 4.78 is 21.9. The van der Waals surface area contributed by atoms with Gasteiger partial charge in [-0.05, 0) is 51.4 Å². The number of ether oxygens (including phenoxy) is 4. The molecule has 4 aliphatic rings. The number of fused-ring (bicyclic) bond motifs is 2. The van der Waals surface area contributed by atoms with Crippen molar-refractivity contribution < 1.29 is 28.5 Å². The van der Waals surface area contributed by atoms with Gasteiger partial charge < -0.3 is 18.9 Å². The summed E-state index contributed by atoms with van der Waals surface area (Å²) in [6, 6.07) is 0. The van der Waals surface area contributed by atoms with Crippen molar-refractivity contribution in [3.05, 3.63) is 0 Å². The van der Waals surface area contributed by atoms with E-state index in [2.05, 4.69) is 0 Å². The average Bonchev–Trinajstić information content (AvgIpc) is 3.54. The molecule has 26 heavy (non-hydrogen) atoms. The maximum Gasteiger partial charge on any atom is 0.311 e. The molecule has 2 saturated carbocycles. The molecule has 4 rings (SSSR count). The molecule has 2 saturated heterocycles. The Morgan fingerprint density at radius 2 is 1.62 bits per heavy atom. The van der Waals surface area contributed by atoms with E-state index < -0.39 is 0 Å². The minimum absolute atomic E-state index is 0.0569. The Morgan fingerprint density at radius 3 is 2.50 bits per heavy atom. The second kappa shape index (κ2) is 8.26. The van der Waals surface area contributed by atoms with Crippen LogP contribution in [0.25, 0.3) is 0 Å². The van der Waals surface area contributed by atoms with Gasteiger partial charge in [0, 0.05) is 12.3 Å². The van der Waals surface area contributed by atoms with Gasteiger partial charge in [-0.3, -0.25) is 9.59 Å². The summed E-state index contributed by atoms with van der Waals surface area (Å²) in [7, 11) is 0. The zero-order valence-electron chi connectivity index (χ0n) is 15.4. The third kappa shape index (κ3) is 4.58. The van der Waals surface area contributed by atoms with Crippen LogP contribution >= 0.6 is 0 Å². The minimum Gasteiger partial charge on any atom is -0.465 e. The molecule has 0 radical (unpaired) electrons. The molecule has 6 heteroatoms. The lowest BCUT2D eigenvalue weighted by Crippen LogP contribution is -2.27. The van der Waals surface area contributed by atoms with Crippen molar-refractivity contribution in [1.29, 1.82) is 0 Å². The van der Waals surface area contributed by atoms with E-state index in [1.165, 1.54) is 6.42 Å². The molecule has 0 bridgehead atoms. The molecular weight excluding hydrogens is 336 g/mol. The largest absolute Gasteiger partial charge is 0.465 e. The third-order valence-corrected chi connectivity index (χ3v) is 6.20. The van der Waals surface area contributed by atoms with Crippen LogP contribution in [0.5, 0.6) is 0 Å². The van der Waals surface area contributed by atoms with Crippen molar-refractivity contribution in [2.75, 3.05) is 13.2 Å². The van der Waals surface area contributed by atoms with Gasteiger partial charge in [0.2, 0.25) is 0 Å². The second-order valence-corrected chi connectivity index (χ2v) is 8.17. The van der Waals surface area contributed by atoms with Gasteiger partial charge >= 0.3 is 11.9 Å². The first kappa shape index (κ1) is 18.2. The number of hydrogen-bond donors (Lipinski definition) is 0. The van der Waals surface area contributed by atoms with E-state index in [9.17, 15) is 9.59 Å². The van der Waals surface area contributed by atoms with Crippen LogP contribution < -0.4 is 0 Å². The van der Waals surface area contributed by atoms with Crippen molar-refractivity contribution in [1.82, 2.24) is 0 Å². The number of hydrogen-bond acceptors (Lipinski definition) is 6.